The van der Waals surface area contributed by atoms with Crippen LogP contribution in [0.25, 0.3) is 0 Å². The Hall–Kier alpha value is -2.34. The van der Waals surface area contributed by atoms with Gasteiger partial charge in [0.15, 0.2) is 0 Å². The van der Waals surface area contributed by atoms with Crippen molar-refractivity contribution in [3.8, 4) is 11.5 Å². The second-order valence-electron chi connectivity index (χ2n) is 4.69. The summed E-state index contributed by atoms with van der Waals surface area (Å²) in [5.41, 5.74) is 1.04. The summed E-state index contributed by atoms with van der Waals surface area (Å²) in [6, 6.07) is 5.14. The van der Waals surface area contributed by atoms with Crippen LogP contribution in [0.15, 0.2) is 35.4 Å². The molecule has 1 aromatic carbocycles. The lowest BCUT2D eigenvalue weighted by Crippen LogP contribution is -2.25. The Morgan fingerprint density at radius 1 is 1.33 bits per heavy atom. The number of aryl methyl sites for hydroxylation is 1. The monoisotopic (exact) mass is 290 g/mol. The van der Waals surface area contributed by atoms with Crippen LogP contribution in [0, 0.1) is 6.92 Å². The van der Waals surface area contributed by atoms with Crippen LogP contribution < -0.4 is 15.2 Å². The molecule has 1 unspecified atom stereocenters. The minimum atomic E-state index is -0.882. The summed E-state index contributed by atoms with van der Waals surface area (Å²) in [4.78, 5) is 15.4. The summed E-state index contributed by atoms with van der Waals surface area (Å²) in [6.07, 6.45) is 2.28. The third-order valence-electron chi connectivity index (χ3n) is 3.15. The molecule has 1 aromatic heterocycles. The van der Waals surface area contributed by atoms with E-state index in [0.717, 1.165) is 5.56 Å². The Morgan fingerprint density at radius 3 is 2.76 bits per heavy atom. The minimum Gasteiger partial charge on any atom is -0.497 e. The van der Waals surface area contributed by atoms with Crippen LogP contribution in [0.2, 0.25) is 0 Å². The van der Waals surface area contributed by atoms with Gasteiger partial charge in [0, 0.05) is 24.0 Å². The fourth-order valence-electron chi connectivity index (χ4n) is 2.07. The van der Waals surface area contributed by atoms with Gasteiger partial charge < -0.3 is 14.6 Å². The van der Waals surface area contributed by atoms with E-state index in [9.17, 15) is 9.90 Å². The van der Waals surface area contributed by atoms with Gasteiger partial charge in [0.1, 0.15) is 17.6 Å². The number of benzene rings is 1. The van der Waals surface area contributed by atoms with Crippen LogP contribution in [0.4, 0.5) is 0 Å². The maximum Gasteiger partial charge on any atom is 0.347 e. The first-order valence-electron chi connectivity index (χ1n) is 6.48. The summed E-state index contributed by atoms with van der Waals surface area (Å²) in [5.74, 6) is 1.15. The first kappa shape index (κ1) is 15.1. The SMILES string of the molecule is COc1ccc(C(O)Cn2cc(C)cnc2=O)c(OC)c1. The summed E-state index contributed by atoms with van der Waals surface area (Å²) in [6.45, 7) is 1.94. The normalized spacial score (nSPS) is 12.0. The van der Waals surface area contributed by atoms with E-state index in [-0.39, 0.29) is 6.54 Å². The van der Waals surface area contributed by atoms with E-state index in [2.05, 4.69) is 4.98 Å². The molecule has 1 heterocycles. The van der Waals surface area contributed by atoms with Crippen LogP contribution >= 0.6 is 0 Å². The van der Waals surface area contributed by atoms with Crippen molar-refractivity contribution in [2.45, 2.75) is 19.6 Å². The van der Waals surface area contributed by atoms with Gasteiger partial charge in [-0.15, -0.1) is 0 Å². The summed E-state index contributed by atoms with van der Waals surface area (Å²) in [7, 11) is 3.08. The van der Waals surface area contributed by atoms with Crippen molar-refractivity contribution in [1.82, 2.24) is 9.55 Å². The molecule has 1 N–H and O–H groups in total. The van der Waals surface area contributed by atoms with Gasteiger partial charge in [0.2, 0.25) is 0 Å². The van der Waals surface area contributed by atoms with Gasteiger partial charge in [-0.3, -0.25) is 4.57 Å². The van der Waals surface area contributed by atoms with Crippen molar-refractivity contribution in [2.24, 2.45) is 0 Å². The van der Waals surface area contributed by atoms with E-state index >= 15 is 0 Å². The predicted molar refractivity (Wildman–Crippen MR) is 77.7 cm³/mol. The number of rotatable bonds is 5. The maximum absolute atomic E-state index is 11.7. The van der Waals surface area contributed by atoms with Crippen LogP contribution in [0.1, 0.15) is 17.2 Å². The summed E-state index contributed by atoms with van der Waals surface area (Å²) < 4.78 is 11.8. The molecule has 6 nitrogen and oxygen atoms in total. The highest BCUT2D eigenvalue weighted by atomic mass is 16.5. The third-order valence-corrected chi connectivity index (χ3v) is 3.15. The van der Waals surface area contributed by atoms with E-state index in [1.54, 1.807) is 31.5 Å². The Bertz CT molecular complexity index is 682. The van der Waals surface area contributed by atoms with E-state index in [0.29, 0.717) is 17.1 Å². The van der Waals surface area contributed by atoms with Gasteiger partial charge in [0.05, 0.1) is 20.8 Å². The highest BCUT2D eigenvalue weighted by Crippen LogP contribution is 2.30. The Balaban J connectivity index is 2.29. The van der Waals surface area contributed by atoms with Crippen LogP contribution in [-0.4, -0.2) is 28.9 Å². The van der Waals surface area contributed by atoms with Gasteiger partial charge in [-0.25, -0.2) is 9.78 Å². The average molecular weight is 290 g/mol. The molecular formula is C15H18N2O4. The Kier molecular flexibility index (Phi) is 4.59. The van der Waals surface area contributed by atoms with Crippen LogP contribution in [0.3, 0.4) is 0 Å². The molecule has 0 aliphatic heterocycles. The molecule has 0 saturated carbocycles. The molecule has 0 bridgehead atoms. The Labute approximate surface area is 122 Å². The second kappa shape index (κ2) is 6.41. The lowest BCUT2D eigenvalue weighted by molar-refractivity contribution is 0.150. The first-order chi connectivity index (χ1) is 10.0. The predicted octanol–water partition coefficient (Wildman–Crippen LogP) is 1.30. The minimum absolute atomic E-state index is 0.107. The van der Waals surface area contributed by atoms with E-state index in [1.165, 1.54) is 17.9 Å². The third kappa shape index (κ3) is 3.41. The van der Waals surface area contributed by atoms with E-state index in [1.807, 2.05) is 6.92 Å². The van der Waals surface area contributed by atoms with Gasteiger partial charge in [-0.1, -0.05) is 0 Å². The van der Waals surface area contributed by atoms with Crippen molar-refractivity contribution in [3.05, 3.63) is 52.2 Å². The zero-order valence-electron chi connectivity index (χ0n) is 12.2. The molecule has 6 heteroatoms. The van der Waals surface area contributed by atoms with Crippen molar-refractivity contribution in [3.63, 3.8) is 0 Å². The van der Waals surface area contributed by atoms with Crippen LogP contribution in [0.5, 0.6) is 11.5 Å². The molecule has 0 spiro atoms. The number of methoxy groups -OCH3 is 2. The molecule has 2 rings (SSSR count). The average Bonchev–Trinajstić information content (AvgIpc) is 2.50. The largest absolute Gasteiger partial charge is 0.497 e. The molecule has 112 valence electrons. The van der Waals surface area contributed by atoms with E-state index < -0.39 is 11.8 Å². The smallest absolute Gasteiger partial charge is 0.347 e. The quantitative estimate of drug-likeness (QED) is 0.898. The standard InChI is InChI=1S/C15H18N2O4/c1-10-7-16-15(19)17(8-10)9-13(18)12-5-4-11(20-2)6-14(12)21-3/h4-8,13,18H,9H2,1-3H3. The lowest BCUT2D eigenvalue weighted by Gasteiger charge is -2.16. The summed E-state index contributed by atoms with van der Waals surface area (Å²) in [5, 5.41) is 10.4. The maximum atomic E-state index is 11.7. The molecule has 21 heavy (non-hydrogen) atoms. The number of ether oxygens (including phenoxy) is 2. The molecule has 0 amide bonds. The molecule has 0 aliphatic rings. The Morgan fingerprint density at radius 2 is 2.10 bits per heavy atom. The molecule has 0 saturated heterocycles. The van der Waals surface area contributed by atoms with Crippen molar-refractivity contribution in [1.29, 1.82) is 0 Å². The molecular weight excluding hydrogens is 272 g/mol. The molecule has 0 aliphatic carbocycles. The molecule has 1 atom stereocenters. The highest BCUT2D eigenvalue weighted by Gasteiger charge is 2.15. The number of hydrogen-bond donors (Lipinski definition) is 1. The number of aliphatic hydroxyl groups is 1. The molecule has 2 aromatic rings. The lowest BCUT2D eigenvalue weighted by atomic mass is 10.1. The number of nitrogens with zero attached hydrogens (tertiary/aromatic N) is 2. The van der Waals surface area contributed by atoms with E-state index in [4.69, 9.17) is 9.47 Å². The van der Waals surface area contributed by atoms with Crippen LogP contribution in [-0.2, 0) is 6.54 Å². The first-order valence-corrected chi connectivity index (χ1v) is 6.48. The van der Waals surface area contributed by atoms with Gasteiger partial charge >= 0.3 is 5.69 Å². The van der Waals surface area contributed by atoms with Crippen molar-refractivity contribution >= 4 is 0 Å². The fourth-order valence-corrected chi connectivity index (χ4v) is 2.07. The molecule has 0 radical (unpaired) electrons. The second-order valence-corrected chi connectivity index (χ2v) is 4.69. The zero-order chi connectivity index (χ0) is 15.4. The topological polar surface area (TPSA) is 73.6 Å². The van der Waals surface area contributed by atoms with Crippen molar-refractivity contribution in [2.75, 3.05) is 14.2 Å². The number of aliphatic hydroxyl groups excluding tert-OH is 1. The molecule has 0 fully saturated rings. The highest BCUT2D eigenvalue weighted by molar-refractivity contribution is 5.41. The van der Waals surface area contributed by atoms with Gasteiger partial charge in [-0.2, -0.15) is 0 Å². The fraction of sp³-hybridized carbons (Fsp3) is 0.333. The summed E-state index contributed by atoms with van der Waals surface area (Å²) >= 11 is 0. The number of hydrogen-bond acceptors (Lipinski definition) is 5. The van der Waals surface area contributed by atoms with Gasteiger partial charge in [0.25, 0.3) is 0 Å². The van der Waals surface area contributed by atoms with Crippen molar-refractivity contribution < 1.29 is 14.6 Å². The number of aromatic nitrogens is 2. The zero-order valence-corrected chi connectivity index (χ0v) is 12.2. The van der Waals surface area contributed by atoms with Gasteiger partial charge in [-0.05, 0) is 24.6 Å².